The number of carboxylic acid groups (broad SMARTS) is 1. The molecule has 0 aromatic heterocycles. The molecule has 0 aliphatic carbocycles. The number of phenolic OH excluding ortho intramolecular Hbond substituents is 1. The number of nitrogens with one attached hydrogen (secondary N) is 2. The van der Waals surface area contributed by atoms with E-state index in [1.54, 1.807) is 37.3 Å². The summed E-state index contributed by atoms with van der Waals surface area (Å²) in [5.74, 6) is 5.48. The second-order valence-corrected chi connectivity index (χ2v) is 17.6. The van der Waals surface area contributed by atoms with Crippen molar-refractivity contribution in [2.75, 3.05) is 13.2 Å². The van der Waals surface area contributed by atoms with Crippen molar-refractivity contribution in [2.45, 2.75) is 171 Å². The van der Waals surface area contributed by atoms with Crippen LogP contribution in [-0.2, 0) is 24.1 Å². The van der Waals surface area contributed by atoms with E-state index in [9.17, 15) is 50.8 Å². The van der Waals surface area contributed by atoms with Crippen LogP contribution in [0.2, 0.25) is 0 Å². The van der Waals surface area contributed by atoms with Gasteiger partial charge in [-0.3, -0.25) is 4.79 Å². The van der Waals surface area contributed by atoms with E-state index in [4.69, 9.17) is 0 Å². The molecule has 0 amide bonds. The first-order valence-corrected chi connectivity index (χ1v) is 22.3. The molecule has 61 heavy (non-hydrogen) atoms. The first-order valence-electron chi connectivity index (χ1n) is 22.3. The number of aryl methyl sites for hydroxylation is 1. The number of rotatable bonds is 20. The fourth-order valence-corrected chi connectivity index (χ4v) is 8.99. The lowest BCUT2D eigenvalue weighted by atomic mass is 9.81. The number of aliphatic hydroxyl groups is 7. The SMILES string of the molecule is CCCCC(O)C(O)C=CC1=C(CC(O)CO)C(CCC(O)C2NC(C)CCCC2CC(=O)O)NC(C(C)(O)Cc2ccc(O)cc2CCO)CC#Cc2ccccc2CC1. The molecule has 0 spiro atoms. The van der Waals surface area contributed by atoms with E-state index in [1.807, 2.05) is 38.1 Å². The zero-order chi connectivity index (χ0) is 44.5. The van der Waals surface area contributed by atoms with Gasteiger partial charge in [0.15, 0.2) is 0 Å². The van der Waals surface area contributed by atoms with Crippen LogP contribution in [0.3, 0.4) is 0 Å². The van der Waals surface area contributed by atoms with Crippen molar-refractivity contribution in [1.29, 1.82) is 0 Å². The lowest BCUT2D eigenvalue weighted by molar-refractivity contribution is -0.138. The Morgan fingerprint density at radius 3 is 2.51 bits per heavy atom. The van der Waals surface area contributed by atoms with Crippen LogP contribution in [0.25, 0.3) is 0 Å². The van der Waals surface area contributed by atoms with Crippen LogP contribution in [0.5, 0.6) is 5.75 Å². The van der Waals surface area contributed by atoms with Crippen LogP contribution in [-0.4, -0.2) is 119 Å². The summed E-state index contributed by atoms with van der Waals surface area (Å²) >= 11 is 0. The normalized spacial score (nSPS) is 24.5. The Morgan fingerprint density at radius 2 is 1.79 bits per heavy atom. The maximum absolute atomic E-state index is 12.6. The monoisotopic (exact) mass is 849 g/mol. The first kappa shape index (κ1) is 50.0. The number of aliphatic carboxylic acids is 1. The van der Waals surface area contributed by atoms with Gasteiger partial charge < -0.3 is 56.6 Å². The Labute approximate surface area is 362 Å². The van der Waals surface area contributed by atoms with Crippen LogP contribution < -0.4 is 10.6 Å². The molecule has 11 N–H and O–H groups in total. The molecular formula is C49H72N2O10. The third kappa shape index (κ3) is 15.6. The molecule has 0 saturated carbocycles. The number of carbonyl (C=O) groups is 1. The van der Waals surface area contributed by atoms with Crippen LogP contribution in [0.15, 0.2) is 65.8 Å². The van der Waals surface area contributed by atoms with Crippen LogP contribution in [0.1, 0.15) is 120 Å². The highest BCUT2D eigenvalue weighted by atomic mass is 16.4. The van der Waals surface area contributed by atoms with Gasteiger partial charge in [-0.15, -0.1) is 0 Å². The van der Waals surface area contributed by atoms with Crippen molar-refractivity contribution in [3.63, 3.8) is 0 Å². The molecule has 0 radical (unpaired) electrons. The van der Waals surface area contributed by atoms with Crippen molar-refractivity contribution < 1.29 is 50.8 Å². The fraction of sp³-hybridized carbons (Fsp3) is 0.612. The summed E-state index contributed by atoms with van der Waals surface area (Å²) < 4.78 is 0. The predicted molar refractivity (Wildman–Crippen MR) is 237 cm³/mol. The number of hydrogen-bond donors (Lipinski definition) is 11. The summed E-state index contributed by atoms with van der Waals surface area (Å²) in [4.78, 5) is 12.0. The predicted octanol–water partition coefficient (Wildman–Crippen LogP) is 4.21. The van der Waals surface area contributed by atoms with Crippen molar-refractivity contribution >= 4 is 5.97 Å². The quantitative estimate of drug-likeness (QED) is 0.0845. The van der Waals surface area contributed by atoms with Gasteiger partial charge in [-0.05, 0) is 124 Å². The van der Waals surface area contributed by atoms with Crippen LogP contribution in [0, 0.1) is 17.8 Å². The lowest BCUT2D eigenvalue weighted by Gasteiger charge is -2.39. The third-order valence-corrected chi connectivity index (χ3v) is 12.5. The molecule has 12 nitrogen and oxygen atoms in total. The molecule has 10 unspecified atom stereocenters. The standard InChI is InChI=1S/C49H72N2O10/c1-4-5-15-43(56)44(57)23-20-35-18-17-34-12-7-6-11-33(34)13-9-16-46(49(3,61)30-38-19-21-39(54)27-36(38)25-26-52)51-42(41(35)29-40(55)31-53)22-24-45(58)48-37(28-47(59)60)14-8-10-32(2)50-48/h6-7,11-12,19-21,23,27,32,37,40,42-46,48,50-58,61H,4-5,8,10,14-18,22,24-26,28-31H2,1-3H3,(H,59,60). The average Bonchev–Trinajstić information content (AvgIpc) is 3.40. The van der Waals surface area contributed by atoms with Gasteiger partial charge in [0.2, 0.25) is 0 Å². The molecular weight excluding hydrogens is 777 g/mol. The highest BCUT2D eigenvalue weighted by Gasteiger charge is 2.37. The van der Waals surface area contributed by atoms with Gasteiger partial charge in [0.1, 0.15) is 5.75 Å². The number of aliphatic hydroxyl groups excluding tert-OH is 6. The van der Waals surface area contributed by atoms with Crippen molar-refractivity contribution in [3.05, 3.63) is 88.0 Å². The van der Waals surface area contributed by atoms with Crippen molar-refractivity contribution in [3.8, 4) is 17.6 Å². The summed E-state index contributed by atoms with van der Waals surface area (Å²) in [7, 11) is 0. The smallest absolute Gasteiger partial charge is 0.303 e. The lowest BCUT2D eigenvalue weighted by Crippen LogP contribution is -2.54. The van der Waals surface area contributed by atoms with Gasteiger partial charge >= 0.3 is 5.97 Å². The van der Waals surface area contributed by atoms with E-state index in [-0.39, 0.29) is 69.3 Å². The van der Waals surface area contributed by atoms with E-state index in [2.05, 4.69) is 22.5 Å². The zero-order valence-corrected chi connectivity index (χ0v) is 36.3. The van der Waals surface area contributed by atoms with Gasteiger partial charge in [0.05, 0.1) is 36.6 Å². The minimum atomic E-state index is -1.49. The molecule has 2 aromatic carbocycles. The average molecular weight is 849 g/mol. The van der Waals surface area contributed by atoms with Gasteiger partial charge in [-0.25, -0.2) is 0 Å². The summed E-state index contributed by atoms with van der Waals surface area (Å²) in [5.41, 5.74) is 3.18. The molecule has 1 fully saturated rings. The number of fused-ring (bicyclic) bond motifs is 1. The van der Waals surface area contributed by atoms with Gasteiger partial charge in [0.25, 0.3) is 0 Å². The molecule has 1 saturated heterocycles. The third-order valence-electron chi connectivity index (χ3n) is 12.5. The number of benzene rings is 2. The summed E-state index contributed by atoms with van der Waals surface area (Å²) in [6.07, 6.45) is 5.42. The molecule has 2 aliphatic rings. The molecule has 2 aliphatic heterocycles. The number of phenols is 1. The molecule has 2 aromatic rings. The maximum atomic E-state index is 12.6. The van der Waals surface area contributed by atoms with Crippen molar-refractivity contribution in [2.24, 2.45) is 5.92 Å². The zero-order valence-electron chi connectivity index (χ0n) is 36.3. The number of carboxylic acids is 1. The second kappa shape index (κ2) is 24.9. The number of aromatic hydroxyl groups is 1. The van der Waals surface area contributed by atoms with Crippen LogP contribution in [0.4, 0.5) is 0 Å². The molecule has 0 bridgehead atoms. The topological polar surface area (TPSA) is 223 Å². The second-order valence-electron chi connectivity index (χ2n) is 17.6. The van der Waals surface area contributed by atoms with Gasteiger partial charge in [0, 0.05) is 55.6 Å². The van der Waals surface area contributed by atoms with Crippen LogP contribution >= 0.6 is 0 Å². The highest BCUT2D eigenvalue weighted by molar-refractivity contribution is 5.67. The fourth-order valence-electron chi connectivity index (χ4n) is 8.99. The Hall–Kier alpha value is -3.61. The summed E-state index contributed by atoms with van der Waals surface area (Å²) in [6, 6.07) is 10.9. The maximum Gasteiger partial charge on any atom is 0.303 e. The number of unbranched alkanes of at least 4 members (excludes halogenated alkanes) is 1. The minimum absolute atomic E-state index is 0.0135. The summed E-state index contributed by atoms with van der Waals surface area (Å²) in [5, 5.41) is 105. The largest absolute Gasteiger partial charge is 0.508 e. The molecule has 4 rings (SSSR count). The molecule has 10 atom stereocenters. The minimum Gasteiger partial charge on any atom is -0.508 e. The van der Waals surface area contributed by atoms with E-state index in [0.717, 1.165) is 47.9 Å². The molecule has 12 heteroatoms. The number of allylic oxidation sites excluding steroid dienone is 2. The highest BCUT2D eigenvalue weighted by Crippen LogP contribution is 2.32. The Bertz CT molecular complexity index is 1800. The number of hydrogen-bond acceptors (Lipinski definition) is 11. The van der Waals surface area contributed by atoms with Gasteiger partial charge in [-0.2, -0.15) is 0 Å². The molecule has 2 heterocycles. The van der Waals surface area contributed by atoms with E-state index in [0.29, 0.717) is 36.8 Å². The first-order chi connectivity index (χ1) is 29.1. The molecule has 338 valence electrons. The Balaban J connectivity index is 1.89. The van der Waals surface area contributed by atoms with Gasteiger partial charge in [-0.1, -0.05) is 74.4 Å². The van der Waals surface area contributed by atoms with Crippen molar-refractivity contribution in [1.82, 2.24) is 10.6 Å². The summed E-state index contributed by atoms with van der Waals surface area (Å²) in [6.45, 7) is 5.07. The Morgan fingerprint density at radius 1 is 1.02 bits per heavy atom. The Kier molecular flexibility index (Phi) is 20.4. The van der Waals surface area contributed by atoms with E-state index >= 15 is 0 Å². The van der Waals surface area contributed by atoms with E-state index in [1.165, 1.54) is 0 Å². The van der Waals surface area contributed by atoms with E-state index < -0.39 is 60.7 Å².